The lowest BCUT2D eigenvalue weighted by molar-refractivity contribution is -0.119. The molecular weight excluding hydrogens is 251 g/mol. The Kier molecular flexibility index (Phi) is 5.44. The molecule has 0 radical (unpaired) electrons. The van der Waals surface area contributed by atoms with Crippen LogP contribution < -0.4 is 11.1 Å². The number of carbonyl (C=O) groups excluding carboxylic acids is 1. The van der Waals surface area contributed by atoms with Gasteiger partial charge in [0.25, 0.3) is 0 Å². The number of hydrogen-bond donors (Lipinski definition) is 3. The average molecular weight is 268 g/mol. The summed E-state index contributed by atoms with van der Waals surface area (Å²) in [7, 11) is 0. The van der Waals surface area contributed by atoms with E-state index in [2.05, 4.69) is 5.32 Å². The Bertz CT molecular complexity index is 477. The molecule has 1 aromatic rings. The van der Waals surface area contributed by atoms with Gasteiger partial charge in [0.1, 0.15) is 11.4 Å². The summed E-state index contributed by atoms with van der Waals surface area (Å²) in [5.74, 6) is -2.95. The third-order valence-electron chi connectivity index (χ3n) is 2.77. The highest BCUT2D eigenvalue weighted by atomic mass is 19.1. The van der Waals surface area contributed by atoms with Crippen LogP contribution in [0.4, 0.5) is 10.1 Å². The van der Waals surface area contributed by atoms with Crippen LogP contribution in [-0.2, 0) is 4.79 Å². The topological polar surface area (TPSA) is 92.4 Å². The Morgan fingerprint density at radius 2 is 2.16 bits per heavy atom. The molecule has 0 saturated heterocycles. The van der Waals surface area contributed by atoms with Crippen molar-refractivity contribution in [2.45, 2.75) is 19.8 Å². The van der Waals surface area contributed by atoms with E-state index in [9.17, 15) is 14.0 Å². The number of benzene rings is 1. The lowest BCUT2D eigenvalue weighted by atomic mass is 10.0. The fraction of sp³-hybridized carbons (Fsp3) is 0.385. The van der Waals surface area contributed by atoms with Crippen molar-refractivity contribution in [1.29, 1.82) is 0 Å². The van der Waals surface area contributed by atoms with Gasteiger partial charge in [0, 0.05) is 5.92 Å². The molecule has 0 aliphatic rings. The van der Waals surface area contributed by atoms with Crippen LogP contribution in [-0.4, -0.2) is 23.5 Å². The minimum Gasteiger partial charge on any atom is -0.478 e. The van der Waals surface area contributed by atoms with Crippen molar-refractivity contribution in [1.82, 2.24) is 0 Å². The first-order valence-corrected chi connectivity index (χ1v) is 6.00. The molecule has 19 heavy (non-hydrogen) atoms. The van der Waals surface area contributed by atoms with Gasteiger partial charge in [-0.1, -0.05) is 13.0 Å². The van der Waals surface area contributed by atoms with Crippen LogP contribution in [0.1, 0.15) is 30.1 Å². The molecular formula is C13H17FN2O3. The Balaban J connectivity index is 2.85. The van der Waals surface area contributed by atoms with Gasteiger partial charge in [-0.05, 0) is 31.5 Å². The molecule has 1 atom stereocenters. The third kappa shape index (κ3) is 4.03. The number of aromatic carboxylic acids is 1. The van der Waals surface area contributed by atoms with Crippen LogP contribution in [0.15, 0.2) is 18.2 Å². The minimum atomic E-state index is -1.41. The number of carboxylic acid groups (broad SMARTS) is 1. The maximum atomic E-state index is 13.4. The van der Waals surface area contributed by atoms with E-state index in [0.29, 0.717) is 19.4 Å². The predicted octanol–water partition coefficient (Wildman–Crippen LogP) is 1.84. The first kappa shape index (κ1) is 15.1. The van der Waals surface area contributed by atoms with Gasteiger partial charge in [-0.3, -0.25) is 4.79 Å². The summed E-state index contributed by atoms with van der Waals surface area (Å²) in [6.45, 7) is 2.20. The molecule has 1 amide bonds. The molecule has 5 nitrogen and oxygen atoms in total. The van der Waals surface area contributed by atoms with E-state index < -0.39 is 17.3 Å². The standard InChI is InChI=1S/C13H17FN2O3/c1-8(4-3-7-15)12(17)16-10-6-2-5-9(14)11(10)13(18)19/h2,5-6,8H,3-4,7,15H2,1H3,(H,16,17)(H,18,19). The monoisotopic (exact) mass is 268 g/mol. The Hall–Kier alpha value is -1.95. The van der Waals surface area contributed by atoms with E-state index in [1.54, 1.807) is 6.92 Å². The number of carboxylic acids is 1. The molecule has 0 aliphatic carbocycles. The van der Waals surface area contributed by atoms with Gasteiger partial charge >= 0.3 is 5.97 Å². The van der Waals surface area contributed by atoms with Crippen molar-refractivity contribution < 1.29 is 19.1 Å². The molecule has 0 bridgehead atoms. The van der Waals surface area contributed by atoms with Crippen LogP contribution in [0.3, 0.4) is 0 Å². The summed E-state index contributed by atoms with van der Waals surface area (Å²) in [4.78, 5) is 22.8. The second-order valence-electron chi connectivity index (χ2n) is 4.29. The molecule has 104 valence electrons. The maximum Gasteiger partial charge on any atom is 0.340 e. The number of amides is 1. The van der Waals surface area contributed by atoms with E-state index >= 15 is 0 Å². The first-order chi connectivity index (χ1) is 8.97. The highest BCUT2D eigenvalue weighted by Gasteiger charge is 2.19. The number of halogens is 1. The van der Waals surface area contributed by atoms with Crippen LogP contribution in [0.5, 0.6) is 0 Å². The van der Waals surface area contributed by atoms with Gasteiger partial charge in [0.05, 0.1) is 5.69 Å². The van der Waals surface area contributed by atoms with E-state index in [1.165, 1.54) is 12.1 Å². The first-order valence-electron chi connectivity index (χ1n) is 6.00. The molecule has 0 spiro atoms. The van der Waals surface area contributed by atoms with E-state index in [0.717, 1.165) is 6.07 Å². The summed E-state index contributed by atoms with van der Waals surface area (Å²) in [6, 6.07) is 3.75. The summed E-state index contributed by atoms with van der Waals surface area (Å²) >= 11 is 0. The molecule has 0 aromatic heterocycles. The average Bonchev–Trinajstić information content (AvgIpc) is 2.35. The zero-order chi connectivity index (χ0) is 14.4. The van der Waals surface area contributed by atoms with Crippen LogP contribution >= 0.6 is 0 Å². The summed E-state index contributed by atoms with van der Waals surface area (Å²) in [5.41, 5.74) is 4.80. The van der Waals surface area contributed by atoms with Crippen molar-refractivity contribution in [3.63, 3.8) is 0 Å². The third-order valence-corrected chi connectivity index (χ3v) is 2.77. The molecule has 1 aromatic carbocycles. The van der Waals surface area contributed by atoms with Crippen LogP contribution in [0.25, 0.3) is 0 Å². The van der Waals surface area contributed by atoms with Crippen LogP contribution in [0.2, 0.25) is 0 Å². The highest BCUT2D eigenvalue weighted by molar-refractivity contribution is 6.01. The fourth-order valence-corrected chi connectivity index (χ4v) is 1.66. The van der Waals surface area contributed by atoms with Gasteiger partial charge in [-0.25, -0.2) is 9.18 Å². The summed E-state index contributed by atoms with van der Waals surface area (Å²) in [6.07, 6.45) is 1.30. The van der Waals surface area contributed by atoms with Crippen molar-refractivity contribution in [3.05, 3.63) is 29.6 Å². The number of carbonyl (C=O) groups is 2. The molecule has 6 heteroatoms. The minimum absolute atomic E-state index is 0.0305. The SMILES string of the molecule is CC(CCCN)C(=O)Nc1cccc(F)c1C(=O)O. The van der Waals surface area contributed by atoms with Crippen molar-refractivity contribution in [2.75, 3.05) is 11.9 Å². The van der Waals surface area contributed by atoms with Gasteiger partial charge in [0.2, 0.25) is 5.91 Å². The lowest BCUT2D eigenvalue weighted by Gasteiger charge is -2.13. The normalized spacial score (nSPS) is 11.9. The summed E-state index contributed by atoms with van der Waals surface area (Å²) in [5, 5.41) is 11.4. The molecule has 1 unspecified atom stereocenters. The fourth-order valence-electron chi connectivity index (χ4n) is 1.66. The van der Waals surface area contributed by atoms with Gasteiger partial charge < -0.3 is 16.2 Å². The zero-order valence-corrected chi connectivity index (χ0v) is 10.6. The molecule has 1 rings (SSSR count). The second kappa shape index (κ2) is 6.84. The van der Waals surface area contributed by atoms with Gasteiger partial charge in [-0.15, -0.1) is 0 Å². The lowest BCUT2D eigenvalue weighted by Crippen LogP contribution is -2.22. The molecule has 0 aliphatic heterocycles. The van der Waals surface area contributed by atoms with Crippen molar-refractivity contribution in [3.8, 4) is 0 Å². The summed E-state index contributed by atoms with van der Waals surface area (Å²) < 4.78 is 13.4. The quantitative estimate of drug-likeness (QED) is 0.734. The number of nitrogens with one attached hydrogen (secondary N) is 1. The second-order valence-corrected chi connectivity index (χ2v) is 4.29. The van der Waals surface area contributed by atoms with Crippen LogP contribution in [0, 0.1) is 11.7 Å². The smallest absolute Gasteiger partial charge is 0.340 e. The highest BCUT2D eigenvalue weighted by Crippen LogP contribution is 2.20. The Labute approximate surface area is 110 Å². The number of nitrogens with two attached hydrogens (primary N) is 1. The predicted molar refractivity (Wildman–Crippen MR) is 69.4 cm³/mol. The number of hydrogen-bond acceptors (Lipinski definition) is 3. The number of anilines is 1. The maximum absolute atomic E-state index is 13.4. The molecule has 0 heterocycles. The van der Waals surface area contributed by atoms with E-state index in [1.807, 2.05) is 0 Å². The van der Waals surface area contributed by atoms with Gasteiger partial charge in [0.15, 0.2) is 0 Å². The van der Waals surface area contributed by atoms with Crippen molar-refractivity contribution >= 4 is 17.6 Å². The van der Waals surface area contributed by atoms with E-state index in [4.69, 9.17) is 10.8 Å². The Morgan fingerprint density at radius 3 is 2.74 bits per heavy atom. The van der Waals surface area contributed by atoms with E-state index in [-0.39, 0.29) is 17.5 Å². The largest absolute Gasteiger partial charge is 0.478 e. The molecule has 0 saturated carbocycles. The number of rotatable bonds is 6. The Morgan fingerprint density at radius 1 is 1.47 bits per heavy atom. The van der Waals surface area contributed by atoms with Crippen molar-refractivity contribution in [2.24, 2.45) is 11.7 Å². The van der Waals surface area contributed by atoms with Gasteiger partial charge in [-0.2, -0.15) is 0 Å². The molecule has 4 N–H and O–H groups in total. The molecule has 0 fully saturated rings. The zero-order valence-electron chi connectivity index (χ0n) is 10.6.